The van der Waals surface area contributed by atoms with Gasteiger partial charge in [-0.05, 0) is 43.0 Å². The van der Waals surface area contributed by atoms with Crippen LogP contribution < -0.4 is 14.4 Å². The van der Waals surface area contributed by atoms with Gasteiger partial charge in [0.05, 0.1) is 24.1 Å². The molecule has 2 amide bonds. The number of benzene rings is 2. The summed E-state index contributed by atoms with van der Waals surface area (Å²) >= 11 is 6.21. The van der Waals surface area contributed by atoms with Crippen molar-refractivity contribution in [1.82, 2.24) is 10.2 Å². The average molecular weight is 524 g/mol. The summed E-state index contributed by atoms with van der Waals surface area (Å²) in [7, 11) is -2.37. The maximum Gasteiger partial charge on any atom is 0.244 e. The van der Waals surface area contributed by atoms with E-state index >= 15 is 0 Å². The van der Waals surface area contributed by atoms with E-state index in [1.807, 2.05) is 44.2 Å². The first-order valence-electron chi connectivity index (χ1n) is 11.5. The molecule has 0 fully saturated rings. The molecular formula is C25H34ClN3O5S. The van der Waals surface area contributed by atoms with Crippen molar-refractivity contribution >= 4 is 39.1 Å². The third kappa shape index (κ3) is 8.14. The van der Waals surface area contributed by atoms with Crippen molar-refractivity contribution in [2.45, 2.75) is 39.2 Å². The molecule has 10 heteroatoms. The van der Waals surface area contributed by atoms with Crippen LogP contribution in [0.3, 0.4) is 0 Å². The Labute approximate surface area is 213 Å². The summed E-state index contributed by atoms with van der Waals surface area (Å²) in [6.45, 7) is 4.08. The highest BCUT2D eigenvalue weighted by Crippen LogP contribution is 2.30. The number of sulfonamides is 1. The van der Waals surface area contributed by atoms with Crippen LogP contribution in [0.1, 0.15) is 32.3 Å². The quantitative estimate of drug-likeness (QED) is 0.433. The third-order valence-corrected chi connectivity index (χ3v) is 6.96. The van der Waals surface area contributed by atoms with Crippen molar-refractivity contribution in [3.8, 4) is 5.75 Å². The van der Waals surface area contributed by atoms with Crippen LogP contribution in [0.4, 0.5) is 5.69 Å². The highest BCUT2D eigenvalue weighted by Gasteiger charge is 2.31. The molecular weight excluding hydrogens is 490 g/mol. The molecule has 2 aromatic carbocycles. The lowest BCUT2D eigenvalue weighted by molar-refractivity contribution is -0.139. The van der Waals surface area contributed by atoms with Crippen molar-refractivity contribution in [3.63, 3.8) is 0 Å². The van der Waals surface area contributed by atoms with E-state index in [0.717, 1.165) is 22.5 Å². The minimum atomic E-state index is -3.83. The van der Waals surface area contributed by atoms with Gasteiger partial charge in [-0.25, -0.2) is 8.42 Å². The number of carbonyl (C=O) groups excluding carboxylic acids is 2. The Morgan fingerprint density at radius 3 is 2.34 bits per heavy atom. The van der Waals surface area contributed by atoms with Crippen LogP contribution in [0.25, 0.3) is 0 Å². The Morgan fingerprint density at radius 1 is 1.11 bits per heavy atom. The number of ether oxygens (including phenoxy) is 1. The number of amides is 2. The minimum absolute atomic E-state index is 0.220. The van der Waals surface area contributed by atoms with Gasteiger partial charge in [-0.2, -0.15) is 0 Å². The molecule has 0 saturated heterocycles. The fourth-order valence-electron chi connectivity index (χ4n) is 3.69. The van der Waals surface area contributed by atoms with Crippen LogP contribution in [0.2, 0.25) is 5.02 Å². The molecule has 0 aliphatic rings. The molecule has 192 valence electrons. The number of nitrogens with zero attached hydrogens (tertiary/aromatic N) is 2. The molecule has 1 N–H and O–H groups in total. The van der Waals surface area contributed by atoms with Crippen molar-refractivity contribution in [1.29, 1.82) is 0 Å². The van der Waals surface area contributed by atoms with Gasteiger partial charge >= 0.3 is 0 Å². The molecule has 0 saturated carbocycles. The molecule has 0 heterocycles. The van der Waals surface area contributed by atoms with Gasteiger partial charge in [-0.3, -0.25) is 13.9 Å². The predicted molar refractivity (Wildman–Crippen MR) is 139 cm³/mol. The lowest BCUT2D eigenvalue weighted by atomic mass is 10.1. The van der Waals surface area contributed by atoms with E-state index in [1.54, 1.807) is 6.07 Å². The second kappa shape index (κ2) is 13.3. The van der Waals surface area contributed by atoms with Gasteiger partial charge in [-0.1, -0.05) is 55.8 Å². The number of methoxy groups -OCH3 is 1. The van der Waals surface area contributed by atoms with Crippen molar-refractivity contribution in [2.24, 2.45) is 0 Å². The number of rotatable bonds is 13. The van der Waals surface area contributed by atoms with Gasteiger partial charge in [0.1, 0.15) is 18.3 Å². The maximum atomic E-state index is 13.6. The fourth-order valence-corrected chi connectivity index (χ4v) is 4.78. The number of hydrogen-bond donors (Lipinski definition) is 1. The Morgan fingerprint density at radius 2 is 1.80 bits per heavy atom. The molecule has 0 bridgehead atoms. The molecule has 2 rings (SSSR count). The van der Waals surface area contributed by atoms with Gasteiger partial charge in [0, 0.05) is 13.1 Å². The van der Waals surface area contributed by atoms with Crippen LogP contribution in [0.5, 0.6) is 5.75 Å². The van der Waals surface area contributed by atoms with E-state index in [-0.39, 0.29) is 23.2 Å². The standard InChI is InChI=1S/C25H34ClN3O5S/c1-5-15-27-25(31)22(6-2)28(16-14-19-10-8-7-9-11-19)24(30)18-29(35(4,32)33)20-12-13-23(34-3)21(26)17-20/h7-13,17,22H,5-6,14-16,18H2,1-4H3,(H,27,31)/t22-/m0/s1. The largest absolute Gasteiger partial charge is 0.495 e. The minimum Gasteiger partial charge on any atom is -0.495 e. The van der Waals surface area contributed by atoms with E-state index in [2.05, 4.69) is 5.32 Å². The van der Waals surface area contributed by atoms with Crippen molar-refractivity contribution < 1.29 is 22.7 Å². The maximum absolute atomic E-state index is 13.6. The molecule has 0 aliphatic heterocycles. The molecule has 2 aromatic rings. The molecule has 35 heavy (non-hydrogen) atoms. The first kappa shape index (κ1) is 28.5. The Balaban J connectivity index is 2.37. The number of carbonyl (C=O) groups is 2. The van der Waals surface area contributed by atoms with Crippen molar-refractivity contribution in [2.75, 3.05) is 37.3 Å². The highest BCUT2D eigenvalue weighted by molar-refractivity contribution is 7.92. The average Bonchev–Trinajstić information content (AvgIpc) is 2.83. The highest BCUT2D eigenvalue weighted by atomic mass is 35.5. The Bertz CT molecular complexity index is 1100. The Kier molecular flexibility index (Phi) is 10.9. The van der Waals surface area contributed by atoms with E-state index in [0.29, 0.717) is 25.1 Å². The zero-order valence-electron chi connectivity index (χ0n) is 20.7. The number of anilines is 1. The smallest absolute Gasteiger partial charge is 0.244 e. The summed E-state index contributed by atoms with van der Waals surface area (Å²) < 4.78 is 31.4. The summed E-state index contributed by atoms with van der Waals surface area (Å²) in [5, 5.41) is 3.08. The van der Waals surface area contributed by atoms with Gasteiger partial charge in [0.25, 0.3) is 0 Å². The first-order valence-corrected chi connectivity index (χ1v) is 13.8. The lowest BCUT2D eigenvalue weighted by Gasteiger charge is -2.33. The summed E-state index contributed by atoms with van der Waals surface area (Å²) in [4.78, 5) is 27.9. The van der Waals surface area contributed by atoms with Crippen LogP contribution in [0.15, 0.2) is 48.5 Å². The number of nitrogens with one attached hydrogen (secondary N) is 1. The summed E-state index contributed by atoms with van der Waals surface area (Å²) in [6.07, 6.45) is 2.71. The third-order valence-electron chi connectivity index (χ3n) is 5.52. The van der Waals surface area contributed by atoms with Crippen LogP contribution >= 0.6 is 11.6 Å². The van der Waals surface area contributed by atoms with Crippen LogP contribution in [-0.4, -0.2) is 64.2 Å². The Hall–Kier alpha value is -2.78. The molecule has 0 aliphatic carbocycles. The lowest BCUT2D eigenvalue weighted by Crippen LogP contribution is -2.53. The number of halogens is 1. The topological polar surface area (TPSA) is 96.0 Å². The fraction of sp³-hybridized carbons (Fsp3) is 0.440. The summed E-state index contributed by atoms with van der Waals surface area (Å²) in [5.41, 5.74) is 1.24. The molecule has 1 atom stereocenters. The molecule has 0 unspecified atom stereocenters. The van der Waals surface area contributed by atoms with Gasteiger partial charge in [0.15, 0.2) is 0 Å². The van der Waals surface area contributed by atoms with Crippen LogP contribution in [0, 0.1) is 0 Å². The van der Waals surface area contributed by atoms with Crippen LogP contribution in [-0.2, 0) is 26.0 Å². The second-order valence-corrected chi connectivity index (χ2v) is 10.4. The molecule has 0 radical (unpaired) electrons. The monoisotopic (exact) mass is 523 g/mol. The summed E-state index contributed by atoms with van der Waals surface area (Å²) in [6, 6.07) is 13.4. The van der Waals surface area contributed by atoms with E-state index in [9.17, 15) is 18.0 Å². The zero-order valence-corrected chi connectivity index (χ0v) is 22.2. The van der Waals surface area contributed by atoms with E-state index in [1.165, 1.54) is 24.1 Å². The summed E-state index contributed by atoms with van der Waals surface area (Å²) in [5.74, 6) is -0.343. The molecule has 0 spiro atoms. The normalized spacial score (nSPS) is 12.0. The zero-order chi connectivity index (χ0) is 26.0. The predicted octanol–water partition coefficient (Wildman–Crippen LogP) is 3.49. The molecule has 8 nitrogen and oxygen atoms in total. The first-order chi connectivity index (χ1) is 16.6. The van der Waals surface area contributed by atoms with Gasteiger partial charge in [-0.15, -0.1) is 0 Å². The van der Waals surface area contributed by atoms with Gasteiger partial charge in [0.2, 0.25) is 21.8 Å². The van der Waals surface area contributed by atoms with Crippen molar-refractivity contribution in [3.05, 3.63) is 59.1 Å². The number of hydrogen-bond acceptors (Lipinski definition) is 5. The van der Waals surface area contributed by atoms with E-state index in [4.69, 9.17) is 16.3 Å². The SMILES string of the molecule is CCCNC(=O)[C@H](CC)N(CCc1ccccc1)C(=O)CN(c1ccc(OC)c(Cl)c1)S(C)(=O)=O. The van der Waals surface area contributed by atoms with Gasteiger partial charge < -0.3 is 15.0 Å². The molecule has 0 aromatic heterocycles. The van der Waals surface area contributed by atoms with E-state index < -0.39 is 28.5 Å². The second-order valence-electron chi connectivity index (χ2n) is 8.13.